The van der Waals surface area contributed by atoms with Crippen LogP contribution in [0.4, 0.5) is 0 Å². The van der Waals surface area contributed by atoms with Crippen LogP contribution in [0.2, 0.25) is 0 Å². The van der Waals surface area contributed by atoms with Crippen molar-refractivity contribution in [1.29, 1.82) is 0 Å². The van der Waals surface area contributed by atoms with Crippen molar-refractivity contribution in [1.82, 2.24) is 4.90 Å². The molecule has 4 rings (SSSR count). The van der Waals surface area contributed by atoms with Gasteiger partial charge in [0, 0.05) is 11.6 Å². The number of benzene rings is 2. The maximum Gasteiger partial charge on any atom is 0.295 e. The number of amides is 1. The zero-order valence-corrected chi connectivity index (χ0v) is 19.6. The fourth-order valence-corrected chi connectivity index (χ4v) is 4.94. The van der Waals surface area contributed by atoms with E-state index in [4.69, 9.17) is 9.47 Å². The van der Waals surface area contributed by atoms with E-state index in [0.29, 0.717) is 17.1 Å². The topological polar surface area (TPSA) is 76.1 Å². The molecule has 2 aromatic rings. The number of carbonyl (C=O) groups excluding carboxylic acids is 2. The molecule has 6 heteroatoms. The van der Waals surface area contributed by atoms with Crippen LogP contribution in [0.15, 0.2) is 48.0 Å². The van der Waals surface area contributed by atoms with E-state index in [9.17, 15) is 14.7 Å². The van der Waals surface area contributed by atoms with Gasteiger partial charge in [0.05, 0.1) is 24.8 Å². The van der Waals surface area contributed by atoms with Crippen molar-refractivity contribution >= 4 is 17.4 Å². The number of hydrogen-bond donors (Lipinski definition) is 1. The van der Waals surface area contributed by atoms with Crippen molar-refractivity contribution in [3.63, 3.8) is 0 Å². The van der Waals surface area contributed by atoms with Crippen molar-refractivity contribution < 1.29 is 24.2 Å². The fraction of sp³-hybridized carbons (Fsp3) is 0.407. The molecule has 1 heterocycles. The second-order valence-corrected chi connectivity index (χ2v) is 9.06. The molecule has 1 unspecified atom stereocenters. The van der Waals surface area contributed by atoms with Crippen LogP contribution in [-0.4, -0.2) is 41.0 Å². The van der Waals surface area contributed by atoms with Crippen molar-refractivity contribution in [2.24, 2.45) is 0 Å². The van der Waals surface area contributed by atoms with Gasteiger partial charge in [-0.05, 0) is 75.1 Å². The molecule has 33 heavy (non-hydrogen) atoms. The van der Waals surface area contributed by atoms with Crippen LogP contribution >= 0.6 is 0 Å². The Kier molecular flexibility index (Phi) is 6.45. The Labute approximate surface area is 194 Å². The molecule has 2 aromatic carbocycles. The number of Topliss-reactive ketones (excluding diaryl/α,β-unsaturated/α-hetero) is 1. The van der Waals surface area contributed by atoms with E-state index >= 15 is 0 Å². The number of aliphatic hydroxyl groups excluding tert-OH is 1. The van der Waals surface area contributed by atoms with E-state index in [1.807, 2.05) is 45.0 Å². The van der Waals surface area contributed by atoms with E-state index in [1.54, 1.807) is 30.2 Å². The lowest BCUT2D eigenvalue weighted by Gasteiger charge is -2.31. The minimum Gasteiger partial charge on any atom is -0.507 e. The highest BCUT2D eigenvalue weighted by atomic mass is 16.5. The average molecular weight is 450 g/mol. The Morgan fingerprint density at radius 2 is 1.79 bits per heavy atom. The lowest BCUT2D eigenvalue weighted by Crippen LogP contribution is -2.37. The molecule has 1 N–H and O–H groups in total. The molecule has 0 bridgehead atoms. The number of hydrogen-bond acceptors (Lipinski definition) is 5. The van der Waals surface area contributed by atoms with E-state index in [2.05, 4.69) is 0 Å². The summed E-state index contributed by atoms with van der Waals surface area (Å²) in [5.74, 6) is -0.0237. The fourth-order valence-electron chi connectivity index (χ4n) is 4.94. The van der Waals surface area contributed by atoms with E-state index in [-0.39, 0.29) is 23.5 Å². The second kappa shape index (κ2) is 9.30. The van der Waals surface area contributed by atoms with Gasteiger partial charge in [-0.15, -0.1) is 0 Å². The van der Waals surface area contributed by atoms with Crippen molar-refractivity contribution in [2.45, 2.75) is 64.6 Å². The first-order valence-corrected chi connectivity index (χ1v) is 11.5. The summed E-state index contributed by atoms with van der Waals surface area (Å²) in [6, 6.07) is 12.1. The molecule has 1 saturated heterocycles. The molecule has 1 amide bonds. The van der Waals surface area contributed by atoms with E-state index in [0.717, 1.165) is 36.8 Å². The van der Waals surface area contributed by atoms with Gasteiger partial charge in [0.15, 0.2) is 0 Å². The summed E-state index contributed by atoms with van der Waals surface area (Å²) in [4.78, 5) is 28.2. The van der Waals surface area contributed by atoms with Gasteiger partial charge >= 0.3 is 0 Å². The molecule has 1 atom stereocenters. The Hall–Kier alpha value is -3.28. The standard InChI is InChI=1S/C27H31NO5/c1-16(2)33-21-11-7-8-18(15-21)24-23(25(29)22-13-12-20(32-4)14-17(22)3)26(30)27(31)28(24)19-9-5-6-10-19/h7-8,11-16,19,24,29H,5-6,9-10H2,1-4H3/b25-23+. The van der Waals surface area contributed by atoms with Crippen LogP contribution < -0.4 is 9.47 Å². The quantitative estimate of drug-likeness (QED) is 0.375. The third kappa shape index (κ3) is 4.34. The molecule has 1 aliphatic carbocycles. The number of nitrogens with zero attached hydrogens (tertiary/aromatic N) is 1. The number of aliphatic hydroxyl groups is 1. The van der Waals surface area contributed by atoms with Crippen molar-refractivity contribution in [3.8, 4) is 11.5 Å². The molecule has 2 fully saturated rings. The Bertz CT molecular complexity index is 1100. The van der Waals surface area contributed by atoms with Crippen LogP contribution in [0.3, 0.4) is 0 Å². The summed E-state index contributed by atoms with van der Waals surface area (Å²) in [5, 5.41) is 11.4. The third-order valence-electron chi connectivity index (χ3n) is 6.43. The number of likely N-dealkylation sites (tertiary alicyclic amines) is 1. The summed E-state index contributed by atoms with van der Waals surface area (Å²) in [6.45, 7) is 5.74. The summed E-state index contributed by atoms with van der Waals surface area (Å²) in [5.41, 5.74) is 2.16. The van der Waals surface area contributed by atoms with Gasteiger partial charge < -0.3 is 19.5 Å². The van der Waals surface area contributed by atoms with Crippen LogP contribution in [0.5, 0.6) is 11.5 Å². The lowest BCUT2D eigenvalue weighted by atomic mass is 9.93. The SMILES string of the molecule is COc1ccc(/C(O)=C2\C(=O)C(=O)N(C3CCCC3)C2c2cccc(OC(C)C)c2)c(C)c1. The highest BCUT2D eigenvalue weighted by molar-refractivity contribution is 6.46. The van der Waals surface area contributed by atoms with Gasteiger partial charge in [-0.1, -0.05) is 25.0 Å². The van der Waals surface area contributed by atoms with Gasteiger partial charge in [0.2, 0.25) is 0 Å². The highest BCUT2D eigenvalue weighted by Gasteiger charge is 2.49. The predicted octanol–water partition coefficient (Wildman–Crippen LogP) is 5.16. The van der Waals surface area contributed by atoms with Gasteiger partial charge in [-0.2, -0.15) is 0 Å². The minimum atomic E-state index is -0.662. The number of aryl methyl sites for hydroxylation is 1. The average Bonchev–Trinajstić information content (AvgIpc) is 3.40. The molecule has 174 valence electrons. The monoisotopic (exact) mass is 449 g/mol. The molecule has 6 nitrogen and oxygen atoms in total. The number of methoxy groups -OCH3 is 1. The first-order chi connectivity index (χ1) is 15.8. The first-order valence-electron chi connectivity index (χ1n) is 11.5. The summed E-state index contributed by atoms with van der Waals surface area (Å²) < 4.78 is 11.1. The molecule has 1 aliphatic heterocycles. The second-order valence-electron chi connectivity index (χ2n) is 9.06. The Morgan fingerprint density at radius 3 is 2.42 bits per heavy atom. The highest BCUT2D eigenvalue weighted by Crippen LogP contribution is 2.44. The maximum absolute atomic E-state index is 13.3. The Morgan fingerprint density at radius 1 is 1.06 bits per heavy atom. The minimum absolute atomic E-state index is 0.0107. The summed E-state index contributed by atoms with van der Waals surface area (Å²) >= 11 is 0. The molecular formula is C27H31NO5. The number of ether oxygens (including phenoxy) is 2. The normalized spacial score (nSPS) is 20.6. The first kappa shape index (κ1) is 22.9. The van der Waals surface area contributed by atoms with Crippen molar-refractivity contribution in [2.75, 3.05) is 7.11 Å². The Balaban J connectivity index is 1.88. The van der Waals surface area contributed by atoms with Crippen LogP contribution in [-0.2, 0) is 9.59 Å². The van der Waals surface area contributed by atoms with Gasteiger partial charge in [0.25, 0.3) is 11.7 Å². The number of rotatable bonds is 6. The smallest absolute Gasteiger partial charge is 0.295 e. The summed E-state index contributed by atoms with van der Waals surface area (Å²) in [6.07, 6.45) is 3.74. The van der Waals surface area contributed by atoms with Gasteiger partial charge in [-0.3, -0.25) is 9.59 Å². The lowest BCUT2D eigenvalue weighted by molar-refractivity contribution is -0.141. The van der Waals surface area contributed by atoms with Gasteiger partial charge in [0.1, 0.15) is 17.3 Å². The van der Waals surface area contributed by atoms with E-state index < -0.39 is 17.7 Å². The zero-order chi connectivity index (χ0) is 23.7. The molecule has 0 aromatic heterocycles. The molecule has 0 spiro atoms. The van der Waals surface area contributed by atoms with Crippen LogP contribution in [0.25, 0.3) is 5.76 Å². The van der Waals surface area contributed by atoms with Crippen LogP contribution in [0.1, 0.15) is 62.3 Å². The largest absolute Gasteiger partial charge is 0.507 e. The maximum atomic E-state index is 13.3. The molecule has 0 radical (unpaired) electrons. The molecular weight excluding hydrogens is 418 g/mol. The van der Waals surface area contributed by atoms with Crippen molar-refractivity contribution in [3.05, 3.63) is 64.7 Å². The van der Waals surface area contributed by atoms with Crippen LogP contribution in [0, 0.1) is 6.92 Å². The van der Waals surface area contributed by atoms with Gasteiger partial charge in [-0.25, -0.2) is 0 Å². The third-order valence-corrected chi connectivity index (χ3v) is 6.43. The molecule has 2 aliphatic rings. The zero-order valence-electron chi connectivity index (χ0n) is 19.6. The predicted molar refractivity (Wildman–Crippen MR) is 126 cm³/mol. The molecule has 1 saturated carbocycles. The summed E-state index contributed by atoms with van der Waals surface area (Å²) in [7, 11) is 1.58. The number of carbonyl (C=O) groups is 2. The number of ketones is 1. The van der Waals surface area contributed by atoms with E-state index in [1.165, 1.54) is 0 Å².